The molecule has 0 radical (unpaired) electrons. The van der Waals surface area contributed by atoms with Crippen LogP contribution in [0.5, 0.6) is 0 Å². The van der Waals surface area contributed by atoms with Gasteiger partial charge in [0.15, 0.2) is 5.82 Å². The smallest absolute Gasteiger partial charge is 0.268 e. The molecular weight excluding hydrogens is 266 g/mol. The molecule has 2 rings (SSSR count). The average molecular weight is 274 g/mol. The first-order valence-corrected chi connectivity index (χ1v) is 5.60. The second-order valence-electron chi connectivity index (χ2n) is 2.79. The van der Waals surface area contributed by atoms with Crippen LogP contribution in [0.4, 0.5) is 0 Å². The van der Waals surface area contributed by atoms with Crippen LogP contribution in [-0.4, -0.2) is 10.1 Å². The van der Waals surface area contributed by atoms with Gasteiger partial charge in [-0.3, -0.25) is 0 Å². The van der Waals surface area contributed by atoms with E-state index in [1.54, 1.807) is 11.3 Å². The van der Waals surface area contributed by atoms with Crippen LogP contribution < -0.4 is 5.73 Å². The van der Waals surface area contributed by atoms with E-state index in [1.807, 2.05) is 13.0 Å². The number of halogens is 1. The summed E-state index contributed by atoms with van der Waals surface area (Å²) in [5.41, 5.74) is 6.55. The summed E-state index contributed by atoms with van der Waals surface area (Å²) >= 11 is 5.01. The summed E-state index contributed by atoms with van der Waals surface area (Å²) in [7, 11) is 0. The summed E-state index contributed by atoms with van der Waals surface area (Å²) in [6.45, 7) is 2.32. The Kier molecular flexibility index (Phi) is 2.66. The summed E-state index contributed by atoms with van der Waals surface area (Å²) < 4.78 is 6.14. The molecule has 2 heterocycles. The van der Waals surface area contributed by atoms with Crippen molar-refractivity contribution >= 4 is 27.3 Å². The van der Waals surface area contributed by atoms with Crippen LogP contribution in [0.15, 0.2) is 14.4 Å². The van der Waals surface area contributed by atoms with Crippen LogP contribution in [0.3, 0.4) is 0 Å². The molecule has 0 saturated carbocycles. The fourth-order valence-corrected chi connectivity index (χ4v) is 2.46. The normalized spacial score (nSPS) is 10.8. The maximum absolute atomic E-state index is 5.39. The van der Waals surface area contributed by atoms with Crippen LogP contribution in [0, 0.1) is 6.92 Å². The first kappa shape index (κ1) is 9.82. The van der Waals surface area contributed by atoms with E-state index in [4.69, 9.17) is 10.3 Å². The molecular formula is C8H8BrN3OS. The Hall–Kier alpha value is -0.720. The van der Waals surface area contributed by atoms with Crippen molar-refractivity contribution in [2.75, 3.05) is 0 Å². The van der Waals surface area contributed by atoms with Gasteiger partial charge in [0.05, 0.1) is 15.2 Å². The average Bonchev–Trinajstić information content (AvgIpc) is 2.74. The molecule has 0 atom stereocenters. The summed E-state index contributed by atoms with van der Waals surface area (Å²) in [5.74, 6) is 1.06. The number of nitrogens with two attached hydrogens (primary N) is 1. The Morgan fingerprint density at radius 1 is 1.64 bits per heavy atom. The van der Waals surface area contributed by atoms with Gasteiger partial charge < -0.3 is 10.3 Å². The maximum atomic E-state index is 5.39. The van der Waals surface area contributed by atoms with Gasteiger partial charge in [-0.1, -0.05) is 5.16 Å². The molecule has 0 aliphatic carbocycles. The molecule has 0 amide bonds. The van der Waals surface area contributed by atoms with Crippen LogP contribution in [-0.2, 0) is 6.54 Å². The van der Waals surface area contributed by atoms with Crippen molar-refractivity contribution in [2.45, 2.75) is 13.5 Å². The van der Waals surface area contributed by atoms with E-state index in [2.05, 4.69) is 26.1 Å². The first-order chi connectivity index (χ1) is 6.70. The zero-order valence-corrected chi connectivity index (χ0v) is 9.85. The zero-order chi connectivity index (χ0) is 10.1. The van der Waals surface area contributed by atoms with Crippen molar-refractivity contribution < 1.29 is 4.52 Å². The van der Waals surface area contributed by atoms with Crippen LogP contribution in [0.2, 0.25) is 0 Å². The minimum absolute atomic E-state index is 0.301. The first-order valence-electron chi connectivity index (χ1n) is 3.99. The van der Waals surface area contributed by atoms with Crippen molar-refractivity contribution in [3.8, 4) is 10.8 Å². The maximum Gasteiger partial charge on any atom is 0.268 e. The molecule has 6 heteroatoms. The van der Waals surface area contributed by atoms with E-state index in [0.717, 1.165) is 14.2 Å². The van der Waals surface area contributed by atoms with Crippen molar-refractivity contribution in [2.24, 2.45) is 5.73 Å². The molecule has 2 aromatic heterocycles. The highest BCUT2D eigenvalue weighted by Gasteiger charge is 2.11. The van der Waals surface area contributed by atoms with Gasteiger partial charge in [-0.05, 0) is 34.5 Å². The van der Waals surface area contributed by atoms with E-state index in [0.29, 0.717) is 18.3 Å². The van der Waals surface area contributed by atoms with Gasteiger partial charge in [-0.25, -0.2) is 0 Å². The largest absolute Gasteiger partial charge is 0.333 e. The molecule has 0 aliphatic rings. The lowest BCUT2D eigenvalue weighted by molar-refractivity contribution is 0.423. The molecule has 74 valence electrons. The number of thiophene rings is 1. The van der Waals surface area contributed by atoms with Crippen molar-refractivity contribution in [3.05, 3.63) is 21.2 Å². The third-order valence-corrected chi connectivity index (χ3v) is 3.84. The highest BCUT2D eigenvalue weighted by molar-refractivity contribution is 9.11. The number of hydrogen-bond donors (Lipinski definition) is 1. The standard InChI is InChI=1S/C8H8BrN3OS/c1-4-2-5(14-7(4)9)8-11-6(3-10)12-13-8/h2H,3,10H2,1H3. The quantitative estimate of drug-likeness (QED) is 0.912. The third kappa shape index (κ3) is 1.73. The number of rotatable bonds is 2. The Bertz CT molecular complexity index is 432. The number of hydrogen-bond acceptors (Lipinski definition) is 5. The van der Waals surface area contributed by atoms with Gasteiger partial charge >= 0.3 is 0 Å². The van der Waals surface area contributed by atoms with Gasteiger partial charge in [0.1, 0.15) is 0 Å². The predicted octanol–water partition coefficient (Wildman–Crippen LogP) is 2.33. The number of aromatic nitrogens is 2. The van der Waals surface area contributed by atoms with Crippen molar-refractivity contribution in [1.82, 2.24) is 10.1 Å². The Morgan fingerprint density at radius 2 is 2.43 bits per heavy atom. The lowest BCUT2D eigenvalue weighted by Gasteiger charge is -1.82. The second kappa shape index (κ2) is 3.80. The molecule has 0 aliphatic heterocycles. The molecule has 2 N–H and O–H groups in total. The molecule has 4 nitrogen and oxygen atoms in total. The van der Waals surface area contributed by atoms with E-state index in [-0.39, 0.29) is 0 Å². The third-order valence-electron chi connectivity index (χ3n) is 1.72. The van der Waals surface area contributed by atoms with Crippen molar-refractivity contribution in [1.29, 1.82) is 0 Å². The minimum atomic E-state index is 0.301. The van der Waals surface area contributed by atoms with Crippen LogP contribution in [0.1, 0.15) is 11.4 Å². The van der Waals surface area contributed by atoms with Gasteiger partial charge in [0.2, 0.25) is 0 Å². The predicted molar refractivity (Wildman–Crippen MR) is 57.9 cm³/mol. The molecule has 2 aromatic rings. The Morgan fingerprint density at radius 3 is 2.93 bits per heavy atom. The van der Waals surface area contributed by atoms with E-state index in [9.17, 15) is 0 Å². The molecule has 0 bridgehead atoms. The second-order valence-corrected chi connectivity index (χ2v) is 5.16. The van der Waals surface area contributed by atoms with E-state index < -0.39 is 0 Å². The topological polar surface area (TPSA) is 64.9 Å². The van der Waals surface area contributed by atoms with E-state index in [1.165, 1.54) is 0 Å². The Labute approximate surface area is 93.3 Å². The minimum Gasteiger partial charge on any atom is -0.333 e. The molecule has 0 aromatic carbocycles. The highest BCUT2D eigenvalue weighted by Crippen LogP contribution is 2.33. The molecule has 0 unspecified atom stereocenters. The summed E-state index contributed by atoms with van der Waals surface area (Å²) in [6, 6.07) is 2.00. The van der Waals surface area contributed by atoms with Gasteiger partial charge in [-0.2, -0.15) is 4.98 Å². The monoisotopic (exact) mass is 273 g/mol. The lowest BCUT2D eigenvalue weighted by Crippen LogP contribution is -1.97. The molecule has 0 spiro atoms. The summed E-state index contributed by atoms with van der Waals surface area (Å²) in [5, 5.41) is 3.73. The van der Waals surface area contributed by atoms with Crippen LogP contribution in [0.25, 0.3) is 10.8 Å². The number of nitrogens with zero attached hydrogens (tertiary/aromatic N) is 2. The molecule has 0 saturated heterocycles. The van der Waals surface area contributed by atoms with Gasteiger partial charge in [0, 0.05) is 0 Å². The Balaban J connectivity index is 2.39. The fraction of sp³-hybridized carbons (Fsp3) is 0.250. The highest BCUT2D eigenvalue weighted by atomic mass is 79.9. The van der Waals surface area contributed by atoms with Crippen molar-refractivity contribution in [3.63, 3.8) is 0 Å². The summed E-state index contributed by atoms with van der Waals surface area (Å²) in [6.07, 6.45) is 0. The number of aryl methyl sites for hydroxylation is 1. The molecule has 0 fully saturated rings. The molecule has 14 heavy (non-hydrogen) atoms. The fourth-order valence-electron chi connectivity index (χ4n) is 1.00. The SMILES string of the molecule is Cc1cc(-c2nc(CN)no2)sc1Br. The van der Waals surface area contributed by atoms with Gasteiger partial charge in [0.25, 0.3) is 5.89 Å². The summed E-state index contributed by atoms with van der Waals surface area (Å²) in [4.78, 5) is 5.10. The van der Waals surface area contributed by atoms with E-state index >= 15 is 0 Å². The van der Waals surface area contributed by atoms with Gasteiger partial charge in [-0.15, -0.1) is 11.3 Å². The van der Waals surface area contributed by atoms with Crippen LogP contribution >= 0.6 is 27.3 Å². The lowest BCUT2D eigenvalue weighted by atomic mass is 10.3. The zero-order valence-electron chi connectivity index (χ0n) is 7.45.